The molecule has 8 rings (SSSR count). The van der Waals surface area contributed by atoms with Gasteiger partial charge < -0.3 is 29.2 Å². The quantitative estimate of drug-likeness (QED) is 0.316. The number of fused-ring (bicyclic) bond motifs is 4. The van der Waals surface area contributed by atoms with Crippen molar-refractivity contribution in [1.82, 2.24) is 15.1 Å². The maximum atomic E-state index is 13.0. The van der Waals surface area contributed by atoms with Crippen molar-refractivity contribution in [2.45, 2.75) is 136 Å². The van der Waals surface area contributed by atoms with Crippen LogP contribution in [0.3, 0.4) is 0 Å². The zero-order valence-electron chi connectivity index (χ0n) is 30.6. The maximum Gasteiger partial charge on any atom is 0.410 e. The Kier molecular flexibility index (Phi) is 8.39. The number of amides is 2. The van der Waals surface area contributed by atoms with Crippen molar-refractivity contribution in [1.29, 1.82) is 0 Å². The topological polar surface area (TPSA) is 89.6 Å². The molecule has 3 saturated heterocycles. The average molecular weight is 670 g/mol. The highest BCUT2D eigenvalue weighted by atomic mass is 16.6. The van der Waals surface area contributed by atoms with E-state index in [1.165, 1.54) is 51.4 Å². The fraction of sp³-hybridized carbons (Fsp3) is 0.949. The highest BCUT2D eigenvalue weighted by molar-refractivity contribution is 5.68. The van der Waals surface area contributed by atoms with Crippen LogP contribution in [0.15, 0.2) is 0 Å². The predicted molar refractivity (Wildman–Crippen MR) is 182 cm³/mol. The van der Waals surface area contributed by atoms with Crippen molar-refractivity contribution in [2.24, 2.45) is 51.2 Å². The van der Waals surface area contributed by atoms with Gasteiger partial charge in [0.05, 0.1) is 18.3 Å². The first-order valence-corrected chi connectivity index (χ1v) is 19.7. The summed E-state index contributed by atoms with van der Waals surface area (Å²) in [5.74, 6) is 2.96. The highest BCUT2D eigenvalue weighted by Gasteiger charge is 2.81. The lowest BCUT2D eigenvalue weighted by atomic mass is 9.46. The van der Waals surface area contributed by atoms with Crippen LogP contribution in [0.2, 0.25) is 0 Å². The summed E-state index contributed by atoms with van der Waals surface area (Å²) in [5.41, 5.74) is 1.20. The van der Waals surface area contributed by atoms with Gasteiger partial charge in [-0.2, -0.15) is 0 Å². The summed E-state index contributed by atoms with van der Waals surface area (Å²) in [6.07, 6.45) is 13.3. The molecule has 3 heterocycles. The number of nitrogens with one attached hydrogen (secondary N) is 1. The lowest BCUT2D eigenvalue weighted by Gasteiger charge is -2.59. The van der Waals surface area contributed by atoms with Gasteiger partial charge in [-0.1, -0.05) is 34.6 Å². The van der Waals surface area contributed by atoms with Crippen LogP contribution in [-0.2, 0) is 18.9 Å². The number of methoxy groups -OCH3 is 1. The van der Waals surface area contributed by atoms with Gasteiger partial charge in [0.15, 0.2) is 0 Å². The van der Waals surface area contributed by atoms with Gasteiger partial charge in [0, 0.05) is 51.8 Å². The summed E-state index contributed by atoms with van der Waals surface area (Å²) in [6.45, 7) is 16.8. The van der Waals surface area contributed by atoms with Crippen molar-refractivity contribution in [3.05, 3.63) is 0 Å². The minimum atomic E-state index is -0.248. The van der Waals surface area contributed by atoms with Crippen LogP contribution in [0, 0.1) is 51.2 Å². The molecule has 1 N–H and O–H groups in total. The van der Waals surface area contributed by atoms with Crippen LogP contribution in [0.1, 0.15) is 105 Å². The first-order valence-electron chi connectivity index (χ1n) is 19.7. The first-order chi connectivity index (χ1) is 22.9. The summed E-state index contributed by atoms with van der Waals surface area (Å²) in [6, 6.07) is 0. The third-order valence-electron chi connectivity index (χ3n) is 16.1. The molecule has 5 saturated carbocycles. The molecule has 0 aromatic heterocycles. The molecular weight excluding hydrogens is 606 g/mol. The number of carbonyl (C=O) groups is 2. The fourth-order valence-corrected chi connectivity index (χ4v) is 13.4. The fourth-order valence-electron chi connectivity index (χ4n) is 13.4. The Hall–Kier alpha value is -1.58. The Labute approximate surface area is 288 Å². The smallest absolute Gasteiger partial charge is 0.410 e. The van der Waals surface area contributed by atoms with Crippen molar-refractivity contribution in [3.8, 4) is 0 Å². The Morgan fingerprint density at radius 1 is 0.938 bits per heavy atom. The second-order valence-electron chi connectivity index (χ2n) is 18.7. The molecule has 2 spiro atoms. The number of rotatable bonds is 8. The average Bonchev–Trinajstić information content (AvgIpc) is 3.57. The second-order valence-corrected chi connectivity index (χ2v) is 18.7. The van der Waals surface area contributed by atoms with E-state index in [1.807, 2.05) is 4.90 Å². The summed E-state index contributed by atoms with van der Waals surface area (Å²) >= 11 is 0. The molecule has 0 aromatic carbocycles. The Bertz CT molecular complexity index is 1250. The number of hydrogen-bond donors (Lipinski definition) is 1. The molecule has 9 heteroatoms. The number of hydrogen-bond acceptors (Lipinski definition) is 7. The van der Waals surface area contributed by atoms with Crippen LogP contribution in [0.25, 0.3) is 0 Å². The summed E-state index contributed by atoms with van der Waals surface area (Å²) in [4.78, 5) is 29.9. The number of ether oxygens (including phenoxy) is 4. The van der Waals surface area contributed by atoms with E-state index < -0.39 is 0 Å². The van der Waals surface area contributed by atoms with Crippen molar-refractivity contribution in [3.63, 3.8) is 0 Å². The standard InChI is InChI=1S/C39H63N3O6/c1-24(2)33(48-35(44)42-17-7-18-42)29-10-8-27-30(46-29)20-28-26-9-11-31-36(3,4)32(47-34(43)40-16-19-41-21-25(22-41)45-6)12-13-39(31)23-38(26,39)15-14-37(27,28)5/h24-33H,7-23H2,1-6H3,(H,40,43)/t26?,27?,28?,29?,30?,31?,32-,33+,37?,38-,39+/m0/s1. The molecular formula is C39H63N3O6. The molecule has 3 aliphatic heterocycles. The normalized spacial score (nSPS) is 44.9. The molecule has 2 amide bonds. The first kappa shape index (κ1) is 33.6. The van der Waals surface area contributed by atoms with E-state index in [2.05, 4.69) is 44.8 Å². The monoisotopic (exact) mass is 669 g/mol. The van der Waals surface area contributed by atoms with Crippen LogP contribution >= 0.6 is 0 Å². The Morgan fingerprint density at radius 3 is 2.42 bits per heavy atom. The van der Waals surface area contributed by atoms with Crippen LogP contribution in [0.4, 0.5) is 9.59 Å². The molecule has 48 heavy (non-hydrogen) atoms. The molecule has 5 aliphatic carbocycles. The van der Waals surface area contributed by atoms with Gasteiger partial charge in [-0.3, -0.25) is 4.90 Å². The van der Waals surface area contributed by atoms with Gasteiger partial charge in [0.25, 0.3) is 0 Å². The van der Waals surface area contributed by atoms with Gasteiger partial charge in [-0.05, 0) is 116 Å². The second kappa shape index (κ2) is 12.0. The van der Waals surface area contributed by atoms with Crippen LogP contribution < -0.4 is 5.32 Å². The number of carbonyl (C=O) groups excluding carboxylic acids is 2. The largest absolute Gasteiger partial charge is 0.446 e. The molecule has 8 fully saturated rings. The zero-order valence-corrected chi connectivity index (χ0v) is 30.6. The van der Waals surface area contributed by atoms with Gasteiger partial charge in [0.2, 0.25) is 0 Å². The van der Waals surface area contributed by atoms with E-state index >= 15 is 0 Å². The van der Waals surface area contributed by atoms with E-state index in [0.29, 0.717) is 40.7 Å². The minimum Gasteiger partial charge on any atom is -0.446 e. The number of likely N-dealkylation sites (tertiary alicyclic amines) is 2. The third kappa shape index (κ3) is 5.08. The third-order valence-corrected chi connectivity index (χ3v) is 16.1. The molecule has 270 valence electrons. The van der Waals surface area contributed by atoms with Gasteiger partial charge in [0.1, 0.15) is 12.2 Å². The minimum absolute atomic E-state index is 0.00389. The van der Waals surface area contributed by atoms with Crippen molar-refractivity contribution >= 4 is 12.2 Å². The summed E-state index contributed by atoms with van der Waals surface area (Å²) in [5, 5.41) is 3.04. The van der Waals surface area contributed by atoms with E-state index in [0.717, 1.165) is 63.8 Å². The van der Waals surface area contributed by atoms with Crippen LogP contribution in [0.5, 0.6) is 0 Å². The van der Waals surface area contributed by atoms with Crippen molar-refractivity contribution in [2.75, 3.05) is 46.4 Å². The van der Waals surface area contributed by atoms with E-state index in [1.54, 1.807) is 7.11 Å². The zero-order chi connectivity index (χ0) is 33.6. The number of alkyl carbamates (subject to hydrolysis) is 1. The lowest BCUT2D eigenvalue weighted by molar-refractivity contribution is -0.151. The SMILES string of the molecule is COC1CN(CCNC(=O)O[C@H]2CC[C@]34C[C@]35CCC3(C)C6CCC([C@H](OC(=O)N7CCC7)C(C)C)OC6CC3C5CCC4C2(C)C)C1. The van der Waals surface area contributed by atoms with Crippen LogP contribution in [-0.4, -0.2) is 98.9 Å². The predicted octanol–water partition coefficient (Wildman–Crippen LogP) is 6.49. The van der Waals surface area contributed by atoms with E-state index in [9.17, 15) is 9.59 Å². The van der Waals surface area contributed by atoms with E-state index in [4.69, 9.17) is 18.9 Å². The van der Waals surface area contributed by atoms with Crippen molar-refractivity contribution < 1.29 is 28.5 Å². The Morgan fingerprint density at radius 2 is 1.71 bits per heavy atom. The molecule has 9 nitrogen and oxygen atoms in total. The maximum absolute atomic E-state index is 13.0. The molecule has 0 bridgehead atoms. The lowest BCUT2D eigenvalue weighted by Crippen LogP contribution is -2.56. The molecule has 7 unspecified atom stereocenters. The molecule has 0 aromatic rings. The molecule has 8 aliphatic rings. The Balaban J connectivity index is 0.903. The summed E-state index contributed by atoms with van der Waals surface area (Å²) in [7, 11) is 1.76. The van der Waals surface area contributed by atoms with Gasteiger partial charge >= 0.3 is 12.2 Å². The highest BCUT2D eigenvalue weighted by Crippen LogP contribution is 2.87. The summed E-state index contributed by atoms with van der Waals surface area (Å²) < 4.78 is 24.8. The number of nitrogens with zero attached hydrogens (tertiary/aromatic N) is 2. The van der Waals surface area contributed by atoms with Gasteiger partial charge in [-0.25, -0.2) is 9.59 Å². The molecule has 0 radical (unpaired) electrons. The molecule has 11 atom stereocenters. The van der Waals surface area contributed by atoms with E-state index in [-0.39, 0.29) is 47.9 Å². The van der Waals surface area contributed by atoms with Gasteiger partial charge in [-0.15, -0.1) is 0 Å².